The smallest absolute Gasteiger partial charge is 0.384 e. The van der Waals surface area contributed by atoms with Crippen LogP contribution < -0.4 is 0 Å². The molecule has 0 heterocycles. The lowest BCUT2D eigenvalue weighted by atomic mass is 10.3. The number of aliphatic carboxylic acids is 2. The Morgan fingerprint density at radius 2 is 1.27 bits per heavy atom. The van der Waals surface area contributed by atoms with Crippen LogP contribution in [0.5, 0.6) is 0 Å². The van der Waals surface area contributed by atoms with Crippen molar-refractivity contribution in [1.29, 1.82) is 0 Å². The molecule has 0 saturated heterocycles. The summed E-state index contributed by atoms with van der Waals surface area (Å²) in [5.41, 5.74) is 0. The summed E-state index contributed by atoms with van der Waals surface area (Å²) >= 11 is 0. The number of esters is 4. The fourth-order valence-corrected chi connectivity index (χ4v) is 1.23. The summed E-state index contributed by atoms with van der Waals surface area (Å²) in [4.78, 5) is 69.1. The van der Waals surface area contributed by atoms with E-state index in [9.17, 15) is 28.8 Å². The Morgan fingerprint density at radius 3 is 1.55 bits per heavy atom. The molecular formula is C26H34O14. The SMILES string of the molecule is C#CC(=O)OC.CC(=O)O[C@@H](C)/C=C\C(=O)O.CC(=O)O[C@@H](C)C#CC(=O)O.CC=O.COC(=O)C#C[C@H](C)O. The van der Waals surface area contributed by atoms with E-state index in [4.69, 9.17) is 20.1 Å². The number of hydrogen-bond acceptors (Lipinski definition) is 12. The average Bonchev–Trinajstić information content (AvgIpc) is 2.85. The molecule has 40 heavy (non-hydrogen) atoms. The number of carboxylic acids is 2. The van der Waals surface area contributed by atoms with Gasteiger partial charge in [0.15, 0.2) is 6.10 Å². The Kier molecular flexibility index (Phi) is 35.8. The van der Waals surface area contributed by atoms with Gasteiger partial charge in [-0.05, 0) is 39.7 Å². The minimum atomic E-state index is -1.23. The van der Waals surface area contributed by atoms with Crippen LogP contribution in [0.25, 0.3) is 0 Å². The molecule has 0 unspecified atom stereocenters. The van der Waals surface area contributed by atoms with Crippen molar-refractivity contribution in [3.05, 3.63) is 12.2 Å². The second kappa shape index (κ2) is 31.9. The summed E-state index contributed by atoms with van der Waals surface area (Å²) in [6.45, 7) is 8.50. The van der Waals surface area contributed by atoms with Gasteiger partial charge in [0.25, 0.3) is 0 Å². The van der Waals surface area contributed by atoms with E-state index in [1.807, 2.05) is 5.92 Å². The Morgan fingerprint density at radius 1 is 0.825 bits per heavy atom. The number of carbonyl (C=O) groups excluding carboxylic acids is 5. The third kappa shape index (κ3) is 58.6. The average molecular weight is 571 g/mol. The summed E-state index contributed by atoms with van der Waals surface area (Å²) in [5.74, 6) is 5.67. The van der Waals surface area contributed by atoms with Crippen LogP contribution in [0.4, 0.5) is 0 Å². The molecule has 222 valence electrons. The highest BCUT2D eigenvalue weighted by atomic mass is 16.5. The van der Waals surface area contributed by atoms with Crippen molar-refractivity contribution in [2.24, 2.45) is 0 Å². The summed E-state index contributed by atoms with van der Waals surface area (Å²) in [7, 11) is 2.47. The lowest BCUT2D eigenvalue weighted by molar-refractivity contribution is -0.144. The van der Waals surface area contributed by atoms with Gasteiger partial charge in [0.2, 0.25) is 0 Å². The van der Waals surface area contributed by atoms with Crippen LogP contribution in [0.1, 0.15) is 41.5 Å². The van der Waals surface area contributed by atoms with Gasteiger partial charge < -0.3 is 39.1 Å². The monoisotopic (exact) mass is 570 g/mol. The number of ether oxygens (including phenoxy) is 4. The Bertz CT molecular complexity index is 994. The van der Waals surface area contributed by atoms with E-state index in [0.717, 1.165) is 12.4 Å². The van der Waals surface area contributed by atoms with Gasteiger partial charge in [0, 0.05) is 37.7 Å². The molecule has 0 spiro atoms. The molecular weight excluding hydrogens is 536 g/mol. The molecule has 0 aromatic rings. The number of aliphatic hydroxyl groups is 1. The molecule has 14 heteroatoms. The fourth-order valence-electron chi connectivity index (χ4n) is 1.23. The second-order valence-electron chi connectivity index (χ2n) is 6.15. The van der Waals surface area contributed by atoms with Crippen LogP contribution in [-0.4, -0.2) is 90.0 Å². The molecule has 0 aromatic heterocycles. The van der Waals surface area contributed by atoms with E-state index in [1.165, 1.54) is 54.9 Å². The highest BCUT2D eigenvalue weighted by Crippen LogP contribution is 1.92. The third-order valence-electron chi connectivity index (χ3n) is 2.46. The van der Waals surface area contributed by atoms with E-state index in [1.54, 1.807) is 12.8 Å². The van der Waals surface area contributed by atoms with Crippen molar-refractivity contribution in [2.45, 2.75) is 59.9 Å². The predicted molar refractivity (Wildman–Crippen MR) is 139 cm³/mol. The van der Waals surface area contributed by atoms with Crippen molar-refractivity contribution in [1.82, 2.24) is 0 Å². The van der Waals surface area contributed by atoms with Gasteiger partial charge in [0.05, 0.1) is 14.2 Å². The van der Waals surface area contributed by atoms with Gasteiger partial charge in [0.1, 0.15) is 18.5 Å². The highest BCUT2D eigenvalue weighted by Gasteiger charge is 2.00. The van der Waals surface area contributed by atoms with Crippen molar-refractivity contribution in [3.63, 3.8) is 0 Å². The van der Waals surface area contributed by atoms with Crippen molar-refractivity contribution in [2.75, 3.05) is 14.2 Å². The van der Waals surface area contributed by atoms with Crippen LogP contribution in [-0.2, 0) is 52.5 Å². The predicted octanol–water partition coefficient (Wildman–Crippen LogP) is 0.146. The van der Waals surface area contributed by atoms with Crippen LogP contribution in [0.15, 0.2) is 12.2 Å². The maximum Gasteiger partial charge on any atom is 0.384 e. The van der Waals surface area contributed by atoms with Gasteiger partial charge in [-0.25, -0.2) is 19.2 Å². The molecule has 0 aliphatic heterocycles. The largest absolute Gasteiger partial charge is 0.478 e. The first-order chi connectivity index (χ1) is 18.4. The van der Waals surface area contributed by atoms with E-state index >= 15 is 0 Å². The summed E-state index contributed by atoms with van der Waals surface area (Å²) in [6.07, 6.45) is 5.62. The zero-order valence-corrected chi connectivity index (χ0v) is 23.4. The minimum absolute atomic E-state index is 0.424. The normalized spacial score (nSPS) is 10.2. The Balaban J connectivity index is -0.000000134. The minimum Gasteiger partial charge on any atom is -0.478 e. The number of rotatable bonds is 4. The molecule has 0 aliphatic carbocycles. The fraction of sp³-hybridized carbons (Fsp3) is 0.423. The number of carbonyl (C=O) groups is 7. The molecule has 0 saturated carbocycles. The molecule has 3 atom stereocenters. The van der Waals surface area contributed by atoms with Crippen LogP contribution in [0, 0.1) is 36.0 Å². The quantitative estimate of drug-likeness (QED) is 0.102. The zero-order valence-electron chi connectivity index (χ0n) is 23.4. The first kappa shape index (κ1) is 44.8. The molecule has 3 N–H and O–H groups in total. The molecule has 0 aromatic carbocycles. The van der Waals surface area contributed by atoms with Gasteiger partial charge in [-0.1, -0.05) is 5.92 Å². The van der Waals surface area contributed by atoms with E-state index in [-0.39, 0.29) is 0 Å². The van der Waals surface area contributed by atoms with Gasteiger partial charge in [-0.15, -0.1) is 6.42 Å². The first-order valence-corrected chi connectivity index (χ1v) is 10.7. The van der Waals surface area contributed by atoms with E-state index in [0.29, 0.717) is 0 Å². The van der Waals surface area contributed by atoms with Crippen LogP contribution in [0.3, 0.4) is 0 Å². The number of hydrogen-bond donors (Lipinski definition) is 3. The maximum absolute atomic E-state index is 10.3. The van der Waals surface area contributed by atoms with Crippen molar-refractivity contribution in [3.8, 4) is 36.0 Å². The molecule has 0 aliphatic rings. The number of aldehydes is 1. The van der Waals surface area contributed by atoms with Crippen LogP contribution >= 0.6 is 0 Å². The first-order valence-electron chi connectivity index (χ1n) is 10.7. The molecule has 0 amide bonds. The van der Waals surface area contributed by atoms with Crippen molar-refractivity contribution < 1.29 is 67.8 Å². The summed E-state index contributed by atoms with van der Waals surface area (Å²) in [5, 5.41) is 24.8. The number of carboxylic acid groups (broad SMARTS) is 2. The van der Waals surface area contributed by atoms with Gasteiger partial charge >= 0.3 is 35.8 Å². The number of terminal acetylenes is 1. The Hall–Kier alpha value is -5.13. The highest BCUT2D eigenvalue weighted by molar-refractivity contribution is 5.88. The van der Waals surface area contributed by atoms with Crippen LogP contribution in [0.2, 0.25) is 0 Å². The molecule has 14 nitrogen and oxygen atoms in total. The van der Waals surface area contributed by atoms with E-state index < -0.39 is 54.1 Å². The Labute approximate surface area is 232 Å². The summed E-state index contributed by atoms with van der Waals surface area (Å²) < 4.78 is 17.3. The molecule has 0 rings (SSSR count). The third-order valence-corrected chi connectivity index (χ3v) is 2.46. The molecule has 0 bridgehead atoms. The zero-order chi connectivity index (χ0) is 32.7. The lowest BCUT2D eigenvalue weighted by Gasteiger charge is -2.04. The number of aliphatic hydroxyl groups excluding tert-OH is 1. The van der Waals surface area contributed by atoms with Crippen molar-refractivity contribution >= 4 is 42.1 Å². The second-order valence-corrected chi connectivity index (χ2v) is 6.15. The van der Waals surface area contributed by atoms with Gasteiger partial charge in [-0.2, -0.15) is 0 Å². The molecule has 0 radical (unpaired) electrons. The number of methoxy groups -OCH3 is 2. The topological polar surface area (TPSA) is 217 Å². The maximum atomic E-state index is 10.3. The van der Waals surface area contributed by atoms with Gasteiger partial charge in [-0.3, -0.25) is 9.59 Å². The van der Waals surface area contributed by atoms with E-state index in [2.05, 4.69) is 43.1 Å². The molecule has 0 fully saturated rings. The lowest BCUT2D eigenvalue weighted by Crippen LogP contribution is -2.09. The standard InChI is InChI=1S/C7H10O4.C7H8O4.C6H8O3.C4H4O2.C2H4O/c2*1-5(11-6(2)8)3-4-7(9)10;1-5(7)3-4-6(8)9-2;1-3-4(5)6-2;1-2-3/h3-5H,1-2H3,(H,9,10);5H,1-2H3,(H,9,10);5,7H,1-2H3;1H,2H3;2H,1H3/b4-3-;;;;/t3*5-;;/m000../s1. The summed E-state index contributed by atoms with van der Waals surface area (Å²) in [6, 6.07) is 0.